The number of H-pyrrole nitrogens is 1. The van der Waals surface area contributed by atoms with Gasteiger partial charge in [0.1, 0.15) is 5.82 Å². The molecule has 0 aliphatic heterocycles. The van der Waals surface area contributed by atoms with Crippen molar-refractivity contribution in [2.24, 2.45) is 0 Å². The van der Waals surface area contributed by atoms with Crippen molar-refractivity contribution in [1.82, 2.24) is 20.2 Å². The topological polar surface area (TPSA) is 95.2 Å². The molecule has 3 aromatic rings. The highest BCUT2D eigenvalue weighted by Crippen LogP contribution is 2.16. The maximum Gasteiger partial charge on any atom is 0.258 e. The molecule has 29 heavy (non-hydrogen) atoms. The molecule has 0 fully saturated rings. The smallest absolute Gasteiger partial charge is 0.258 e. The van der Waals surface area contributed by atoms with Crippen LogP contribution in [0.25, 0.3) is 10.9 Å². The Kier molecular flexibility index (Phi) is 6.51. The minimum Gasteiger partial charge on any atom is -0.343 e. The second kappa shape index (κ2) is 9.07. The van der Waals surface area contributed by atoms with Gasteiger partial charge < -0.3 is 15.2 Å². The van der Waals surface area contributed by atoms with Crippen LogP contribution < -0.4 is 10.9 Å². The lowest BCUT2D eigenvalue weighted by molar-refractivity contribution is -0.130. The second-order valence-electron chi connectivity index (χ2n) is 6.24. The zero-order valence-electron chi connectivity index (χ0n) is 15.5. The molecule has 0 spiro atoms. The van der Waals surface area contributed by atoms with Crippen molar-refractivity contribution in [3.8, 4) is 0 Å². The number of likely N-dealkylation sites (N-methyl/N-ethyl adjacent to an activating group) is 1. The zero-order valence-corrected chi connectivity index (χ0v) is 17.0. The van der Waals surface area contributed by atoms with Crippen LogP contribution in [0.15, 0.2) is 47.3 Å². The van der Waals surface area contributed by atoms with Crippen LogP contribution in [0.4, 0.5) is 0 Å². The van der Waals surface area contributed by atoms with E-state index in [9.17, 15) is 14.4 Å². The normalized spacial score (nSPS) is 10.7. The van der Waals surface area contributed by atoms with Crippen LogP contribution in [0.2, 0.25) is 10.0 Å². The van der Waals surface area contributed by atoms with Crippen molar-refractivity contribution in [2.45, 2.75) is 13.5 Å². The Labute approximate surface area is 176 Å². The Hall–Kier alpha value is -2.90. The molecule has 0 saturated heterocycles. The number of aromatic nitrogens is 2. The number of hydrogen-bond acceptors (Lipinski definition) is 4. The fourth-order valence-electron chi connectivity index (χ4n) is 2.80. The highest BCUT2D eigenvalue weighted by molar-refractivity contribution is 6.33. The number of hydrogen-bond donors (Lipinski definition) is 2. The van der Waals surface area contributed by atoms with Gasteiger partial charge in [-0.2, -0.15) is 0 Å². The first-order valence-corrected chi connectivity index (χ1v) is 9.63. The Balaban J connectivity index is 1.70. The molecule has 2 N–H and O–H groups in total. The molecule has 0 saturated carbocycles. The van der Waals surface area contributed by atoms with E-state index in [4.69, 9.17) is 23.2 Å². The Morgan fingerprint density at radius 2 is 1.93 bits per heavy atom. The number of nitrogens with zero attached hydrogens (tertiary/aromatic N) is 2. The van der Waals surface area contributed by atoms with E-state index >= 15 is 0 Å². The van der Waals surface area contributed by atoms with Gasteiger partial charge in [0.25, 0.3) is 11.5 Å². The Bertz CT molecular complexity index is 1130. The molecule has 7 nitrogen and oxygen atoms in total. The molecule has 0 atom stereocenters. The van der Waals surface area contributed by atoms with Crippen molar-refractivity contribution in [3.63, 3.8) is 0 Å². The van der Waals surface area contributed by atoms with Crippen molar-refractivity contribution in [2.75, 3.05) is 13.1 Å². The maximum absolute atomic E-state index is 12.5. The number of halogens is 2. The van der Waals surface area contributed by atoms with Gasteiger partial charge in [-0.1, -0.05) is 35.3 Å². The van der Waals surface area contributed by atoms with Crippen LogP contribution in [0.1, 0.15) is 23.1 Å². The van der Waals surface area contributed by atoms with Gasteiger partial charge in [0.15, 0.2) is 0 Å². The van der Waals surface area contributed by atoms with E-state index in [0.717, 1.165) is 0 Å². The molecule has 0 aliphatic carbocycles. The van der Waals surface area contributed by atoms with E-state index in [1.165, 1.54) is 4.90 Å². The van der Waals surface area contributed by atoms with Crippen LogP contribution in [0, 0.1) is 0 Å². The van der Waals surface area contributed by atoms with E-state index in [2.05, 4.69) is 15.3 Å². The third-order valence-electron chi connectivity index (χ3n) is 4.31. The molecular weight excluding hydrogens is 415 g/mol. The van der Waals surface area contributed by atoms with E-state index in [0.29, 0.717) is 38.9 Å². The summed E-state index contributed by atoms with van der Waals surface area (Å²) in [5, 5.41) is 3.75. The van der Waals surface area contributed by atoms with Gasteiger partial charge in [-0.05, 0) is 37.3 Å². The number of aromatic amines is 1. The third-order valence-corrected chi connectivity index (χ3v) is 4.88. The van der Waals surface area contributed by atoms with Crippen molar-refractivity contribution in [1.29, 1.82) is 0 Å². The fraction of sp³-hybridized carbons (Fsp3) is 0.200. The standard InChI is InChI=1S/C20H18Cl2N4O3/c1-2-26(18(27)10-23-19(28)13-5-3-4-6-15(13)22)11-17-24-16-9-12(21)7-8-14(16)20(29)25-17/h3-9H,2,10-11H2,1H3,(H,23,28)(H,24,25,29). The third kappa shape index (κ3) is 4.93. The molecule has 1 heterocycles. The second-order valence-corrected chi connectivity index (χ2v) is 7.09. The number of amides is 2. The van der Waals surface area contributed by atoms with Crippen molar-refractivity contribution >= 4 is 45.9 Å². The minimum absolute atomic E-state index is 0.0923. The summed E-state index contributed by atoms with van der Waals surface area (Å²) < 4.78 is 0. The van der Waals surface area contributed by atoms with Crippen LogP contribution >= 0.6 is 23.2 Å². The predicted octanol–water partition coefficient (Wildman–Crippen LogP) is 3.01. The molecule has 0 radical (unpaired) electrons. The molecule has 2 amide bonds. The molecule has 0 bridgehead atoms. The first kappa shape index (κ1) is 20.8. The molecule has 1 aromatic heterocycles. The summed E-state index contributed by atoms with van der Waals surface area (Å²) >= 11 is 12.0. The Morgan fingerprint density at radius 3 is 2.66 bits per heavy atom. The molecule has 2 aromatic carbocycles. The number of rotatable bonds is 6. The van der Waals surface area contributed by atoms with Gasteiger partial charge in [0.05, 0.1) is 34.6 Å². The SMILES string of the molecule is CCN(Cc1nc2cc(Cl)ccc2c(=O)[nH]1)C(=O)CNC(=O)c1ccccc1Cl. The Morgan fingerprint density at radius 1 is 1.17 bits per heavy atom. The number of fused-ring (bicyclic) bond motifs is 1. The summed E-state index contributed by atoms with van der Waals surface area (Å²) in [5.74, 6) is -0.425. The van der Waals surface area contributed by atoms with Gasteiger partial charge in [0, 0.05) is 11.6 Å². The lowest BCUT2D eigenvalue weighted by Gasteiger charge is -2.20. The lowest BCUT2D eigenvalue weighted by atomic mass is 10.2. The average Bonchev–Trinajstić information content (AvgIpc) is 2.70. The average molecular weight is 433 g/mol. The first-order chi connectivity index (χ1) is 13.9. The number of carbonyl (C=O) groups is 2. The van der Waals surface area contributed by atoms with Crippen LogP contribution in [-0.4, -0.2) is 39.8 Å². The number of nitrogens with one attached hydrogen (secondary N) is 2. The summed E-state index contributed by atoms with van der Waals surface area (Å²) in [7, 11) is 0. The molecule has 9 heteroatoms. The van der Waals surface area contributed by atoms with Crippen molar-refractivity contribution < 1.29 is 9.59 Å². The molecule has 0 aliphatic rings. The quantitative estimate of drug-likeness (QED) is 0.625. The molecule has 150 valence electrons. The van der Waals surface area contributed by atoms with E-state index in [1.807, 2.05) is 0 Å². The fourth-order valence-corrected chi connectivity index (χ4v) is 3.19. The van der Waals surface area contributed by atoms with E-state index < -0.39 is 5.91 Å². The van der Waals surface area contributed by atoms with Gasteiger partial charge >= 0.3 is 0 Å². The van der Waals surface area contributed by atoms with Crippen LogP contribution in [0.3, 0.4) is 0 Å². The highest BCUT2D eigenvalue weighted by Gasteiger charge is 2.17. The maximum atomic E-state index is 12.5. The number of carbonyl (C=O) groups excluding carboxylic acids is 2. The largest absolute Gasteiger partial charge is 0.343 e. The van der Waals surface area contributed by atoms with Gasteiger partial charge in [-0.15, -0.1) is 0 Å². The first-order valence-electron chi connectivity index (χ1n) is 8.88. The number of benzene rings is 2. The minimum atomic E-state index is -0.438. The van der Waals surface area contributed by atoms with E-state index in [-0.39, 0.29) is 24.6 Å². The van der Waals surface area contributed by atoms with Gasteiger partial charge in [0.2, 0.25) is 5.91 Å². The summed E-state index contributed by atoms with van der Waals surface area (Å²) in [6.07, 6.45) is 0. The van der Waals surface area contributed by atoms with E-state index in [1.54, 1.807) is 49.4 Å². The molecule has 0 unspecified atom stereocenters. The van der Waals surface area contributed by atoms with Crippen LogP contribution in [-0.2, 0) is 11.3 Å². The predicted molar refractivity (Wildman–Crippen MR) is 112 cm³/mol. The summed E-state index contributed by atoms with van der Waals surface area (Å²) in [5.41, 5.74) is 0.436. The molecule has 3 rings (SSSR count). The van der Waals surface area contributed by atoms with Gasteiger partial charge in [-0.25, -0.2) is 4.98 Å². The summed E-state index contributed by atoms with van der Waals surface area (Å²) in [6, 6.07) is 11.4. The van der Waals surface area contributed by atoms with Gasteiger partial charge in [-0.3, -0.25) is 14.4 Å². The molecular formula is C20H18Cl2N4O3. The lowest BCUT2D eigenvalue weighted by Crippen LogP contribution is -2.40. The highest BCUT2D eigenvalue weighted by atomic mass is 35.5. The monoisotopic (exact) mass is 432 g/mol. The zero-order chi connectivity index (χ0) is 21.0. The van der Waals surface area contributed by atoms with Crippen LogP contribution in [0.5, 0.6) is 0 Å². The summed E-state index contributed by atoms with van der Waals surface area (Å²) in [4.78, 5) is 45.5. The van der Waals surface area contributed by atoms with Crippen molar-refractivity contribution in [3.05, 3.63) is 74.3 Å². The summed E-state index contributed by atoms with van der Waals surface area (Å²) in [6.45, 7) is 2.05.